The van der Waals surface area contributed by atoms with Crippen molar-refractivity contribution in [2.45, 2.75) is 167 Å². The standard InChI is InChI=1S/C52H81FN6O11S/c1-12-14-24-71-40-28-42(61)58(51(40)66)23-19-15-16-22-41(60)56(8)45(30(3)4)50(65)54-29-44(63)57(9)46(31(5)13-2)39(69-10)27-43(62)59-38(26-35-32(6)47(35)59)48(70-11)33(7)49(64)55-37(52(67)68)25-34-20-17-18-21-36(34)53/h17-18,20-21,30-33,35,37-40,45-48H,12-16,19,22-29H2,1-11H3,(H,54,65)(H,55,64)(H,67,68)/t31-,32-,33+,35?,37-,38-,39+,40?,45?,46-,47?,48+/m0/s1. The molecule has 71 heavy (non-hydrogen) atoms. The Morgan fingerprint density at radius 1 is 0.930 bits per heavy atom. The lowest BCUT2D eigenvalue weighted by molar-refractivity contribution is -0.148. The normalized spacial score (nSPS) is 22.5. The van der Waals surface area contributed by atoms with Gasteiger partial charge in [-0.2, -0.15) is 0 Å². The monoisotopic (exact) mass is 1020 g/mol. The molecule has 7 amide bonds. The molecular formula is C52H81FN6O11S. The van der Waals surface area contributed by atoms with Crippen molar-refractivity contribution in [2.75, 3.05) is 47.2 Å². The summed E-state index contributed by atoms with van der Waals surface area (Å²) in [6.07, 6.45) is 3.42. The van der Waals surface area contributed by atoms with E-state index in [4.69, 9.17) is 9.47 Å². The van der Waals surface area contributed by atoms with E-state index in [1.165, 1.54) is 47.1 Å². The van der Waals surface area contributed by atoms with E-state index in [9.17, 15) is 47.9 Å². The van der Waals surface area contributed by atoms with Crippen LogP contribution < -0.4 is 10.6 Å². The average Bonchev–Trinajstić information content (AvgIpc) is 3.62. The van der Waals surface area contributed by atoms with Crippen LogP contribution in [0.4, 0.5) is 4.39 Å². The molecule has 0 radical (unpaired) electrons. The molecule has 1 saturated carbocycles. The molecule has 12 atom stereocenters. The van der Waals surface area contributed by atoms with Gasteiger partial charge in [-0.05, 0) is 66.7 Å². The van der Waals surface area contributed by atoms with Gasteiger partial charge in [0, 0.05) is 60.2 Å². The van der Waals surface area contributed by atoms with Crippen LogP contribution in [0.25, 0.3) is 0 Å². The summed E-state index contributed by atoms with van der Waals surface area (Å²) >= 11 is 1.54. The van der Waals surface area contributed by atoms with Crippen molar-refractivity contribution in [3.8, 4) is 0 Å². The number of amides is 7. The summed E-state index contributed by atoms with van der Waals surface area (Å²) in [5, 5.41) is 15.0. The number of likely N-dealkylation sites (N-methyl/N-ethyl adjacent to an activating group) is 2. The second kappa shape index (κ2) is 27.4. The zero-order valence-electron chi connectivity index (χ0n) is 43.8. The first kappa shape index (κ1) is 58.9. The number of hydrogen-bond acceptors (Lipinski definition) is 11. The first-order valence-corrected chi connectivity index (χ1v) is 26.6. The predicted octanol–water partition coefficient (Wildman–Crippen LogP) is 4.92. The second-order valence-corrected chi connectivity index (χ2v) is 21.5. The van der Waals surface area contributed by atoms with Crippen molar-refractivity contribution >= 4 is 59.1 Å². The number of carbonyl (C=O) groups excluding carboxylic acids is 7. The van der Waals surface area contributed by atoms with Crippen LogP contribution in [-0.2, 0) is 54.3 Å². The van der Waals surface area contributed by atoms with Gasteiger partial charge in [0.15, 0.2) is 0 Å². The highest BCUT2D eigenvalue weighted by molar-refractivity contribution is 8.00. The summed E-state index contributed by atoms with van der Waals surface area (Å²) in [5.41, 5.74) is 0.148. The highest BCUT2D eigenvalue weighted by Crippen LogP contribution is 2.54. The first-order valence-electron chi connectivity index (χ1n) is 25.5. The SMILES string of the molecule is CCCCSC1CC(=O)N(CCCCCC(=O)N(C)C(C(=O)NCC(=O)N(C)[C@@H]([C@@H](C)CC)[C@@H](CC(=O)N2C3C(C[C@H]2[C@H](OC)[C@@H](C)C(=O)N[C@@H](Cc2ccccc2F)C(=O)O)[C@@H]3C)OC)C(C)C)C1=O. The zero-order chi connectivity index (χ0) is 52.9. The number of carboxylic acid groups (broad SMARTS) is 1. The number of likely N-dealkylation sites (tertiary alicyclic amines) is 2. The number of carbonyl (C=O) groups is 8. The molecule has 3 fully saturated rings. The molecule has 1 aromatic carbocycles. The molecular weight excluding hydrogens is 936 g/mol. The van der Waals surface area contributed by atoms with Gasteiger partial charge < -0.3 is 39.9 Å². The van der Waals surface area contributed by atoms with Crippen LogP contribution in [-0.4, -0.2) is 167 Å². The van der Waals surface area contributed by atoms with Crippen LogP contribution in [0.15, 0.2) is 24.3 Å². The van der Waals surface area contributed by atoms with Crippen molar-refractivity contribution in [1.29, 1.82) is 0 Å². The Hall–Kier alpha value is -4.62. The van der Waals surface area contributed by atoms with Gasteiger partial charge in [0.25, 0.3) is 0 Å². The Labute approximate surface area is 424 Å². The fraction of sp³-hybridized carbons (Fsp3) is 0.731. The van der Waals surface area contributed by atoms with E-state index in [0.29, 0.717) is 38.6 Å². The molecule has 3 N–H and O–H groups in total. The number of fused-ring (bicyclic) bond motifs is 1. The lowest BCUT2D eigenvalue weighted by atomic mass is 9.89. The topological polar surface area (TPSA) is 212 Å². The Balaban J connectivity index is 1.35. The van der Waals surface area contributed by atoms with Crippen molar-refractivity contribution in [3.05, 3.63) is 35.6 Å². The summed E-state index contributed by atoms with van der Waals surface area (Å²) in [4.78, 5) is 113. The highest BCUT2D eigenvalue weighted by Gasteiger charge is 2.62. The number of nitrogens with zero attached hydrogens (tertiary/aromatic N) is 4. The third-order valence-electron chi connectivity index (χ3n) is 15.1. The van der Waals surface area contributed by atoms with Gasteiger partial charge in [-0.1, -0.05) is 85.9 Å². The molecule has 1 aromatic rings. The fourth-order valence-electron chi connectivity index (χ4n) is 10.6. The van der Waals surface area contributed by atoms with E-state index < -0.39 is 71.8 Å². The first-order chi connectivity index (χ1) is 33.6. The minimum absolute atomic E-state index is 0.0990. The van der Waals surface area contributed by atoms with Gasteiger partial charge in [0.2, 0.25) is 41.4 Å². The van der Waals surface area contributed by atoms with E-state index in [1.807, 2.05) is 27.7 Å². The number of methoxy groups -OCH3 is 2. The zero-order valence-corrected chi connectivity index (χ0v) is 44.6. The summed E-state index contributed by atoms with van der Waals surface area (Å²) in [5.74, 6) is -4.26. The number of rotatable bonds is 30. The molecule has 0 bridgehead atoms. The van der Waals surface area contributed by atoms with Crippen LogP contribution in [0.2, 0.25) is 0 Å². The molecule has 1 aliphatic carbocycles. The van der Waals surface area contributed by atoms with E-state index in [-0.39, 0.29) is 96.4 Å². The summed E-state index contributed by atoms with van der Waals surface area (Å²) in [7, 11) is 6.13. The maximum absolute atomic E-state index is 14.6. The van der Waals surface area contributed by atoms with E-state index in [0.717, 1.165) is 18.6 Å². The molecule has 0 spiro atoms. The molecule has 3 aliphatic rings. The second-order valence-electron chi connectivity index (χ2n) is 20.2. The predicted molar refractivity (Wildman–Crippen MR) is 268 cm³/mol. The van der Waals surface area contributed by atoms with Crippen LogP contribution in [0.3, 0.4) is 0 Å². The number of benzene rings is 1. The van der Waals surface area contributed by atoms with Crippen molar-refractivity contribution in [3.63, 3.8) is 0 Å². The number of thioether (sulfide) groups is 1. The molecule has 2 saturated heterocycles. The molecule has 4 unspecified atom stereocenters. The molecule has 4 rings (SSSR count). The molecule has 398 valence electrons. The highest BCUT2D eigenvalue weighted by atomic mass is 32.2. The fourth-order valence-corrected chi connectivity index (χ4v) is 11.9. The van der Waals surface area contributed by atoms with Crippen LogP contribution in [0.1, 0.15) is 118 Å². The largest absolute Gasteiger partial charge is 0.480 e. The van der Waals surface area contributed by atoms with E-state index >= 15 is 0 Å². The molecule has 2 heterocycles. The molecule has 19 heteroatoms. The molecule has 17 nitrogen and oxygen atoms in total. The smallest absolute Gasteiger partial charge is 0.326 e. The van der Waals surface area contributed by atoms with Crippen LogP contribution >= 0.6 is 11.8 Å². The van der Waals surface area contributed by atoms with Crippen molar-refractivity contribution < 1.29 is 57.3 Å². The lowest BCUT2D eigenvalue weighted by Crippen LogP contribution is -2.56. The third kappa shape index (κ3) is 15.0. The van der Waals surface area contributed by atoms with Crippen molar-refractivity contribution in [1.82, 2.24) is 30.2 Å². The van der Waals surface area contributed by atoms with E-state index in [2.05, 4.69) is 24.5 Å². The Morgan fingerprint density at radius 2 is 1.62 bits per heavy atom. The summed E-state index contributed by atoms with van der Waals surface area (Å²) in [6, 6.07) is 2.30. The number of hydrogen-bond donors (Lipinski definition) is 3. The van der Waals surface area contributed by atoms with E-state index in [1.54, 1.807) is 43.7 Å². The van der Waals surface area contributed by atoms with Gasteiger partial charge >= 0.3 is 5.97 Å². The Morgan fingerprint density at radius 3 is 2.23 bits per heavy atom. The minimum atomic E-state index is -1.40. The minimum Gasteiger partial charge on any atom is -0.480 e. The van der Waals surface area contributed by atoms with Crippen LogP contribution in [0.5, 0.6) is 0 Å². The summed E-state index contributed by atoms with van der Waals surface area (Å²) < 4.78 is 26.4. The number of unbranched alkanes of at least 4 members (excludes halogenated alkanes) is 3. The lowest BCUT2D eigenvalue weighted by Gasteiger charge is -2.40. The third-order valence-corrected chi connectivity index (χ3v) is 16.4. The van der Waals surface area contributed by atoms with Crippen LogP contribution in [0, 0.1) is 35.4 Å². The van der Waals surface area contributed by atoms with Gasteiger partial charge in [-0.25, -0.2) is 9.18 Å². The van der Waals surface area contributed by atoms with Gasteiger partial charge in [0.05, 0.1) is 48.4 Å². The number of piperidine rings is 1. The molecule has 0 aromatic heterocycles. The van der Waals surface area contributed by atoms with Crippen molar-refractivity contribution in [2.24, 2.45) is 29.6 Å². The number of halogens is 1. The quantitative estimate of drug-likeness (QED) is 0.0693. The molecule has 2 aliphatic heterocycles. The van der Waals surface area contributed by atoms with Gasteiger partial charge in [-0.15, -0.1) is 11.8 Å². The Kier molecular flexibility index (Phi) is 22.8. The van der Waals surface area contributed by atoms with Gasteiger partial charge in [0.1, 0.15) is 17.9 Å². The maximum Gasteiger partial charge on any atom is 0.326 e. The average molecular weight is 1020 g/mol. The van der Waals surface area contributed by atoms with Gasteiger partial charge in [-0.3, -0.25) is 38.5 Å². The number of carboxylic acids is 1. The number of aliphatic carboxylic acids is 1. The Bertz CT molecular complexity index is 2030. The number of nitrogens with one attached hydrogen (secondary N) is 2. The number of ether oxygens (including phenoxy) is 2. The summed E-state index contributed by atoms with van der Waals surface area (Å²) in [6.45, 7) is 13.3. The maximum atomic E-state index is 14.6. The number of imide groups is 1.